The van der Waals surface area contributed by atoms with Gasteiger partial charge in [0.1, 0.15) is 5.75 Å². The Kier molecular flexibility index (Phi) is 4.53. The molecule has 1 amide bonds. The number of hydrogen-bond donors (Lipinski definition) is 1. The molecule has 0 spiro atoms. The average Bonchev–Trinajstić information content (AvgIpc) is 3.19. The van der Waals surface area contributed by atoms with Crippen molar-refractivity contribution in [3.63, 3.8) is 0 Å². The van der Waals surface area contributed by atoms with Gasteiger partial charge in [0.25, 0.3) is 5.91 Å². The fourth-order valence-corrected chi connectivity index (χ4v) is 3.15. The molecule has 0 fully saturated rings. The van der Waals surface area contributed by atoms with Gasteiger partial charge in [-0.05, 0) is 26.0 Å². The first kappa shape index (κ1) is 16.4. The molecule has 2 aromatic rings. The second kappa shape index (κ2) is 6.60. The van der Waals surface area contributed by atoms with E-state index in [0.717, 1.165) is 16.3 Å². The molecule has 1 aromatic carbocycles. The molecule has 2 heterocycles. The van der Waals surface area contributed by atoms with Crippen molar-refractivity contribution in [3.8, 4) is 5.75 Å². The van der Waals surface area contributed by atoms with Crippen molar-refractivity contribution in [1.82, 2.24) is 10.3 Å². The maximum Gasteiger partial charge on any atom is 0.267 e. The van der Waals surface area contributed by atoms with Crippen LogP contribution in [0, 0.1) is 6.92 Å². The second-order valence-electron chi connectivity index (χ2n) is 5.78. The zero-order valence-electron chi connectivity index (χ0n) is 13.8. The molecule has 24 heavy (non-hydrogen) atoms. The van der Waals surface area contributed by atoms with Gasteiger partial charge in [-0.25, -0.2) is 4.98 Å². The van der Waals surface area contributed by atoms with Crippen LogP contribution in [0.5, 0.6) is 5.75 Å². The second-order valence-corrected chi connectivity index (χ2v) is 6.84. The van der Waals surface area contributed by atoms with Gasteiger partial charge in [-0.15, -0.1) is 11.3 Å². The summed E-state index contributed by atoms with van der Waals surface area (Å²) in [4.78, 5) is 22.3. The maximum atomic E-state index is 12.5. The third kappa shape index (κ3) is 3.26. The van der Waals surface area contributed by atoms with Crippen LogP contribution in [0.4, 0.5) is 0 Å². The van der Waals surface area contributed by atoms with Crippen molar-refractivity contribution in [1.29, 1.82) is 0 Å². The summed E-state index contributed by atoms with van der Waals surface area (Å²) < 4.78 is 5.35. The number of ether oxygens (including phenoxy) is 1. The van der Waals surface area contributed by atoms with Crippen LogP contribution in [-0.4, -0.2) is 29.3 Å². The third-order valence-corrected chi connectivity index (χ3v) is 4.68. The van der Waals surface area contributed by atoms with Crippen molar-refractivity contribution >= 4 is 23.0 Å². The van der Waals surface area contributed by atoms with Crippen molar-refractivity contribution in [3.05, 3.63) is 45.9 Å². The number of carbonyl (C=O) groups excluding carboxylic acids is 1. The molecule has 0 aliphatic carbocycles. The first-order chi connectivity index (χ1) is 11.5. The van der Waals surface area contributed by atoms with Gasteiger partial charge in [0.15, 0.2) is 0 Å². The van der Waals surface area contributed by atoms with E-state index in [1.165, 1.54) is 0 Å². The molecule has 1 aliphatic rings. The number of aryl methyl sites for hydroxylation is 1. The summed E-state index contributed by atoms with van der Waals surface area (Å²) in [6.45, 7) is 4.05. The number of rotatable bonds is 5. The summed E-state index contributed by atoms with van der Waals surface area (Å²) in [6.07, 6.45) is 0.384. The normalized spacial score (nSPS) is 19.5. The van der Waals surface area contributed by atoms with Crippen LogP contribution in [0.3, 0.4) is 0 Å². The fourth-order valence-electron chi connectivity index (χ4n) is 2.54. The Labute approximate surface area is 144 Å². The molecule has 1 aliphatic heterocycles. The predicted octanol–water partition coefficient (Wildman–Crippen LogP) is 2.66. The molecule has 7 heteroatoms. The standard InChI is InChI=1S/C17H19N3O3S/c1-11-19-12(10-24-11)9-18-16(21)17(2)8-14(20-23-17)13-6-4-5-7-15(13)22-3/h4-7,10H,8-9H2,1-3H3,(H,18,21)/t17-/m0/s1. The number of nitrogens with zero attached hydrogens (tertiary/aromatic N) is 2. The topological polar surface area (TPSA) is 72.8 Å². The van der Waals surface area contributed by atoms with Crippen LogP contribution < -0.4 is 10.1 Å². The molecule has 0 unspecified atom stereocenters. The average molecular weight is 345 g/mol. The number of carbonyl (C=O) groups is 1. The Bertz CT molecular complexity index is 787. The Morgan fingerprint density at radius 2 is 2.25 bits per heavy atom. The lowest BCUT2D eigenvalue weighted by Gasteiger charge is -2.20. The lowest BCUT2D eigenvalue weighted by Crippen LogP contribution is -2.44. The number of aromatic nitrogens is 1. The fraction of sp³-hybridized carbons (Fsp3) is 0.353. The van der Waals surface area contributed by atoms with Gasteiger partial charge in [0.05, 0.1) is 30.1 Å². The summed E-state index contributed by atoms with van der Waals surface area (Å²) in [5, 5.41) is 9.89. The highest BCUT2D eigenvalue weighted by molar-refractivity contribution is 7.09. The van der Waals surface area contributed by atoms with E-state index in [9.17, 15) is 4.79 Å². The zero-order chi connectivity index (χ0) is 17.2. The monoisotopic (exact) mass is 345 g/mol. The molecule has 3 rings (SSSR count). The number of para-hydroxylation sites is 1. The molecule has 0 saturated carbocycles. The van der Waals surface area contributed by atoms with E-state index in [-0.39, 0.29) is 5.91 Å². The number of nitrogens with one attached hydrogen (secondary N) is 1. The molecule has 6 nitrogen and oxygen atoms in total. The summed E-state index contributed by atoms with van der Waals surface area (Å²) in [7, 11) is 1.61. The van der Waals surface area contributed by atoms with Crippen LogP contribution in [0.1, 0.15) is 29.6 Å². The first-order valence-corrected chi connectivity index (χ1v) is 8.47. The van der Waals surface area contributed by atoms with Gasteiger partial charge >= 0.3 is 0 Å². The number of hydrogen-bond acceptors (Lipinski definition) is 6. The SMILES string of the molecule is COc1ccccc1C1=NO[C@](C)(C(=O)NCc2csc(C)n2)C1. The van der Waals surface area contributed by atoms with Gasteiger partial charge in [0, 0.05) is 17.4 Å². The van der Waals surface area contributed by atoms with Crippen LogP contribution in [0.15, 0.2) is 34.8 Å². The van der Waals surface area contributed by atoms with Crippen molar-refractivity contribution < 1.29 is 14.4 Å². The van der Waals surface area contributed by atoms with Crippen LogP contribution in [0.2, 0.25) is 0 Å². The highest BCUT2D eigenvalue weighted by Crippen LogP contribution is 2.30. The Morgan fingerprint density at radius 1 is 1.46 bits per heavy atom. The lowest BCUT2D eigenvalue weighted by molar-refractivity contribution is -0.141. The van der Waals surface area contributed by atoms with Gasteiger partial charge < -0.3 is 14.9 Å². The van der Waals surface area contributed by atoms with Crippen LogP contribution >= 0.6 is 11.3 Å². The Morgan fingerprint density at radius 3 is 2.96 bits per heavy atom. The van der Waals surface area contributed by atoms with E-state index in [1.807, 2.05) is 36.6 Å². The van der Waals surface area contributed by atoms with Crippen LogP contribution in [-0.2, 0) is 16.2 Å². The molecule has 0 bridgehead atoms. The minimum atomic E-state index is -1.03. The molecule has 126 valence electrons. The summed E-state index contributed by atoms with van der Waals surface area (Å²) in [5.74, 6) is 0.504. The highest BCUT2D eigenvalue weighted by Gasteiger charge is 2.42. The van der Waals surface area contributed by atoms with E-state index in [4.69, 9.17) is 9.57 Å². The zero-order valence-corrected chi connectivity index (χ0v) is 14.6. The Balaban J connectivity index is 1.66. The molecular weight excluding hydrogens is 326 g/mol. The number of methoxy groups -OCH3 is 1. The Hall–Kier alpha value is -2.41. The highest BCUT2D eigenvalue weighted by atomic mass is 32.1. The number of oxime groups is 1. The van der Waals surface area contributed by atoms with Crippen molar-refractivity contribution in [2.45, 2.75) is 32.4 Å². The first-order valence-electron chi connectivity index (χ1n) is 7.59. The number of benzene rings is 1. The van der Waals surface area contributed by atoms with E-state index in [1.54, 1.807) is 25.4 Å². The van der Waals surface area contributed by atoms with Gasteiger partial charge in [-0.3, -0.25) is 4.79 Å². The van der Waals surface area contributed by atoms with Crippen LogP contribution in [0.25, 0.3) is 0 Å². The van der Waals surface area contributed by atoms with E-state index >= 15 is 0 Å². The van der Waals surface area contributed by atoms with E-state index in [0.29, 0.717) is 24.4 Å². The molecule has 0 saturated heterocycles. The molecule has 1 aromatic heterocycles. The smallest absolute Gasteiger partial charge is 0.267 e. The third-order valence-electron chi connectivity index (χ3n) is 3.86. The van der Waals surface area contributed by atoms with Gasteiger partial charge in [0.2, 0.25) is 5.60 Å². The molecule has 1 atom stereocenters. The summed E-state index contributed by atoms with van der Waals surface area (Å²) in [5.41, 5.74) is 1.36. The maximum absolute atomic E-state index is 12.5. The van der Waals surface area contributed by atoms with E-state index < -0.39 is 5.60 Å². The summed E-state index contributed by atoms with van der Waals surface area (Å²) >= 11 is 1.56. The van der Waals surface area contributed by atoms with Crippen molar-refractivity contribution in [2.24, 2.45) is 5.16 Å². The lowest BCUT2D eigenvalue weighted by atomic mass is 9.94. The number of thiazole rings is 1. The van der Waals surface area contributed by atoms with Gasteiger partial charge in [-0.2, -0.15) is 0 Å². The number of amides is 1. The molecule has 1 N–H and O–H groups in total. The van der Waals surface area contributed by atoms with Crippen molar-refractivity contribution in [2.75, 3.05) is 7.11 Å². The predicted molar refractivity (Wildman–Crippen MR) is 92.3 cm³/mol. The van der Waals surface area contributed by atoms with Gasteiger partial charge in [-0.1, -0.05) is 17.3 Å². The van der Waals surface area contributed by atoms with E-state index in [2.05, 4.69) is 15.5 Å². The minimum Gasteiger partial charge on any atom is -0.496 e. The molecule has 0 radical (unpaired) electrons. The quantitative estimate of drug-likeness (QED) is 0.904. The molecular formula is C17H19N3O3S. The minimum absolute atomic E-state index is 0.207. The summed E-state index contributed by atoms with van der Waals surface area (Å²) in [6, 6.07) is 7.56. The largest absolute Gasteiger partial charge is 0.496 e.